The zero-order chi connectivity index (χ0) is 26.4. The minimum absolute atomic E-state index is 0.253. The lowest BCUT2D eigenvalue weighted by Crippen LogP contribution is -2.33. The van der Waals surface area contributed by atoms with E-state index in [2.05, 4.69) is 15.8 Å². The number of hydrazone groups is 1. The topological polar surface area (TPSA) is 123 Å². The van der Waals surface area contributed by atoms with E-state index in [1.807, 2.05) is 0 Å². The van der Waals surface area contributed by atoms with Crippen molar-refractivity contribution in [3.63, 3.8) is 0 Å². The summed E-state index contributed by atoms with van der Waals surface area (Å²) in [5.41, 5.74) is 4.57. The van der Waals surface area contributed by atoms with Gasteiger partial charge in [-0.05, 0) is 62.4 Å². The fraction of sp³-hybridized carbons (Fsp3) is 0.222. The number of nitrogens with zero attached hydrogens (tertiary/aromatic N) is 1. The summed E-state index contributed by atoms with van der Waals surface area (Å²) in [6, 6.07) is 15.3. The minimum Gasteiger partial charge on any atom is -0.465 e. The van der Waals surface area contributed by atoms with Crippen LogP contribution in [0, 0.1) is 0 Å². The van der Waals surface area contributed by atoms with Gasteiger partial charge in [0.25, 0.3) is 0 Å². The molecule has 9 nitrogen and oxygen atoms in total. The summed E-state index contributed by atoms with van der Waals surface area (Å²) >= 11 is 1.28. The predicted octanol–water partition coefficient (Wildman–Crippen LogP) is 4.11. The van der Waals surface area contributed by atoms with Crippen LogP contribution in [-0.4, -0.2) is 36.6 Å². The van der Waals surface area contributed by atoms with Gasteiger partial charge >= 0.3 is 23.8 Å². The summed E-state index contributed by atoms with van der Waals surface area (Å²) in [6.45, 7) is 1.61. The largest absolute Gasteiger partial charge is 0.465 e. The first-order valence-electron chi connectivity index (χ1n) is 11.6. The molecule has 0 spiro atoms. The molecule has 0 atom stereocenters. The molecule has 2 aromatic carbocycles. The van der Waals surface area contributed by atoms with Crippen LogP contribution in [0.25, 0.3) is 0 Å². The fourth-order valence-corrected chi connectivity index (χ4v) is 5.24. The monoisotopic (exact) mass is 519 g/mol. The molecular formula is C27H25N3O6S. The van der Waals surface area contributed by atoms with Crippen molar-refractivity contribution in [2.75, 3.05) is 12.4 Å². The molecule has 10 heteroatoms. The normalized spacial score (nSPS) is 12.8. The number of nitrogens with one attached hydrogen (secondary N) is 2. The number of anilines is 1. The van der Waals surface area contributed by atoms with Crippen LogP contribution in [0.5, 0.6) is 5.75 Å². The summed E-state index contributed by atoms with van der Waals surface area (Å²) in [5.74, 6) is -2.82. The van der Waals surface area contributed by atoms with Gasteiger partial charge in [-0.2, -0.15) is 5.10 Å². The van der Waals surface area contributed by atoms with E-state index in [0.717, 1.165) is 36.1 Å². The van der Waals surface area contributed by atoms with Crippen molar-refractivity contribution in [2.45, 2.75) is 32.6 Å². The fourth-order valence-electron chi connectivity index (χ4n) is 3.97. The average Bonchev–Trinajstić information content (AvgIpc) is 3.29. The number of esters is 2. The molecule has 190 valence electrons. The standard InChI is InChI=1S/C27H25N3O6S/c1-16(18-12-6-8-14-20(18)36-26(33)17-10-4-3-5-11-17)29-30-24(32)23(31)28-25-22(27(34)35-2)19-13-7-9-15-21(19)37-25/h3-6,8,10-12,14H,7,9,13,15H2,1-2H3,(H,28,31)(H,30,32). The van der Waals surface area contributed by atoms with Crippen molar-refractivity contribution in [1.29, 1.82) is 0 Å². The zero-order valence-electron chi connectivity index (χ0n) is 20.3. The zero-order valence-corrected chi connectivity index (χ0v) is 21.1. The highest BCUT2D eigenvalue weighted by molar-refractivity contribution is 7.17. The number of methoxy groups -OCH3 is 1. The molecule has 1 aromatic heterocycles. The number of carbonyl (C=O) groups is 4. The van der Waals surface area contributed by atoms with Gasteiger partial charge in [-0.25, -0.2) is 15.0 Å². The Bertz CT molecular complexity index is 1380. The lowest BCUT2D eigenvalue weighted by molar-refractivity contribution is -0.136. The minimum atomic E-state index is -1.01. The Balaban J connectivity index is 1.46. The predicted molar refractivity (Wildman–Crippen MR) is 139 cm³/mol. The van der Waals surface area contributed by atoms with Crippen molar-refractivity contribution in [3.05, 3.63) is 81.7 Å². The van der Waals surface area contributed by atoms with E-state index in [1.54, 1.807) is 61.5 Å². The number of amides is 2. The van der Waals surface area contributed by atoms with Crippen LogP contribution in [-0.2, 0) is 27.2 Å². The smallest absolute Gasteiger partial charge is 0.343 e. The second-order valence-electron chi connectivity index (χ2n) is 8.25. The molecule has 1 heterocycles. The van der Waals surface area contributed by atoms with Crippen LogP contribution in [0.3, 0.4) is 0 Å². The molecule has 0 aliphatic heterocycles. The Morgan fingerprint density at radius 3 is 2.35 bits per heavy atom. The molecule has 0 unspecified atom stereocenters. The van der Waals surface area contributed by atoms with E-state index in [0.29, 0.717) is 22.4 Å². The SMILES string of the molecule is COC(=O)c1c(NC(=O)C(=O)NN=C(C)c2ccccc2OC(=O)c2ccccc2)sc2c1CCCC2. The van der Waals surface area contributed by atoms with E-state index >= 15 is 0 Å². The second-order valence-corrected chi connectivity index (χ2v) is 9.36. The molecule has 0 bridgehead atoms. The Hall–Kier alpha value is -4.31. The maximum absolute atomic E-state index is 12.6. The van der Waals surface area contributed by atoms with Gasteiger partial charge in [0.2, 0.25) is 0 Å². The van der Waals surface area contributed by atoms with Gasteiger partial charge in [0.05, 0.1) is 23.9 Å². The van der Waals surface area contributed by atoms with E-state index in [1.165, 1.54) is 18.4 Å². The molecule has 0 saturated heterocycles. The van der Waals surface area contributed by atoms with Gasteiger partial charge in [-0.15, -0.1) is 11.3 Å². The molecule has 2 N–H and O–H groups in total. The van der Waals surface area contributed by atoms with Crippen molar-refractivity contribution in [3.8, 4) is 5.75 Å². The molecule has 3 aromatic rings. The highest BCUT2D eigenvalue weighted by Crippen LogP contribution is 2.38. The second kappa shape index (κ2) is 11.6. The molecule has 0 radical (unpaired) electrons. The van der Waals surface area contributed by atoms with Crippen molar-refractivity contribution in [1.82, 2.24) is 5.43 Å². The number of benzene rings is 2. The molecule has 0 fully saturated rings. The maximum Gasteiger partial charge on any atom is 0.343 e. The number of hydrogen-bond donors (Lipinski definition) is 2. The van der Waals surface area contributed by atoms with E-state index in [9.17, 15) is 19.2 Å². The summed E-state index contributed by atoms with van der Waals surface area (Å²) in [5, 5.41) is 6.83. The molecule has 1 aliphatic carbocycles. The van der Waals surface area contributed by atoms with E-state index < -0.39 is 23.8 Å². The first-order chi connectivity index (χ1) is 17.9. The summed E-state index contributed by atoms with van der Waals surface area (Å²) in [4.78, 5) is 50.9. The van der Waals surface area contributed by atoms with Gasteiger partial charge in [0.15, 0.2) is 0 Å². The number of fused-ring (bicyclic) bond motifs is 1. The molecule has 37 heavy (non-hydrogen) atoms. The Kier molecular flexibility index (Phi) is 8.09. The van der Waals surface area contributed by atoms with Crippen LogP contribution in [0.15, 0.2) is 59.7 Å². The first-order valence-corrected chi connectivity index (χ1v) is 12.5. The van der Waals surface area contributed by atoms with Gasteiger partial charge in [-0.1, -0.05) is 30.3 Å². The Morgan fingerprint density at radius 1 is 0.892 bits per heavy atom. The van der Waals surface area contributed by atoms with Crippen molar-refractivity contribution < 1.29 is 28.7 Å². The number of hydrogen-bond acceptors (Lipinski definition) is 8. The van der Waals surface area contributed by atoms with Crippen LogP contribution in [0.1, 0.15) is 56.5 Å². The molecular weight excluding hydrogens is 494 g/mol. The average molecular weight is 520 g/mol. The number of thiophene rings is 1. The number of carbonyl (C=O) groups excluding carboxylic acids is 4. The third-order valence-corrected chi connectivity index (χ3v) is 7.02. The van der Waals surface area contributed by atoms with E-state index in [-0.39, 0.29) is 10.8 Å². The van der Waals surface area contributed by atoms with Gasteiger partial charge in [0.1, 0.15) is 10.8 Å². The van der Waals surface area contributed by atoms with Crippen LogP contribution in [0.2, 0.25) is 0 Å². The third-order valence-electron chi connectivity index (χ3n) is 5.81. The highest BCUT2D eigenvalue weighted by Gasteiger charge is 2.28. The Morgan fingerprint density at radius 2 is 1.59 bits per heavy atom. The number of aryl methyl sites for hydroxylation is 1. The molecule has 4 rings (SSSR count). The maximum atomic E-state index is 12.6. The van der Waals surface area contributed by atoms with Crippen LogP contribution >= 0.6 is 11.3 Å². The van der Waals surface area contributed by atoms with Crippen LogP contribution in [0.4, 0.5) is 5.00 Å². The first kappa shape index (κ1) is 25.8. The summed E-state index contributed by atoms with van der Waals surface area (Å²) in [7, 11) is 1.28. The van der Waals surface area contributed by atoms with Gasteiger partial charge < -0.3 is 14.8 Å². The van der Waals surface area contributed by atoms with Gasteiger partial charge in [0, 0.05) is 10.4 Å². The number of rotatable bonds is 6. The van der Waals surface area contributed by atoms with Gasteiger partial charge in [-0.3, -0.25) is 9.59 Å². The van der Waals surface area contributed by atoms with Crippen molar-refractivity contribution >= 4 is 45.8 Å². The lowest BCUT2D eigenvalue weighted by atomic mass is 9.95. The third kappa shape index (κ3) is 5.92. The quantitative estimate of drug-likeness (QED) is 0.166. The van der Waals surface area contributed by atoms with Crippen molar-refractivity contribution in [2.24, 2.45) is 5.10 Å². The van der Waals surface area contributed by atoms with Crippen LogP contribution < -0.4 is 15.5 Å². The molecule has 0 saturated carbocycles. The summed E-state index contributed by atoms with van der Waals surface area (Å²) < 4.78 is 10.4. The number of ether oxygens (including phenoxy) is 2. The van der Waals surface area contributed by atoms with E-state index in [4.69, 9.17) is 9.47 Å². The Labute approximate surface area is 217 Å². The lowest BCUT2D eigenvalue weighted by Gasteiger charge is -2.11. The molecule has 1 aliphatic rings. The molecule has 2 amide bonds. The highest BCUT2D eigenvalue weighted by atomic mass is 32.1. The summed E-state index contributed by atoms with van der Waals surface area (Å²) in [6.07, 6.45) is 3.47. The number of para-hydroxylation sites is 1.